The second-order valence-electron chi connectivity index (χ2n) is 5.75. The Hall–Kier alpha value is -2.67. The molecule has 2 aromatic rings. The third-order valence-corrected chi connectivity index (χ3v) is 5.15. The average molecular weight is 358 g/mol. The number of carboxylic acids is 1. The van der Waals surface area contributed by atoms with Crippen molar-refractivity contribution in [2.75, 3.05) is 18.0 Å². The van der Waals surface area contributed by atoms with Gasteiger partial charge >= 0.3 is 5.97 Å². The molecular weight excluding hydrogens is 340 g/mol. The first-order valence-corrected chi connectivity index (χ1v) is 8.87. The molecule has 3 rings (SSSR count). The lowest BCUT2D eigenvalue weighted by atomic mass is 10.2. The van der Waals surface area contributed by atoms with Crippen LogP contribution in [-0.2, 0) is 11.2 Å². The fraction of sp³-hybridized carbons (Fsp3) is 0.278. The number of hydrogen-bond donors (Lipinski definition) is 2. The molecule has 0 aliphatic carbocycles. The third-order valence-electron chi connectivity index (χ3n) is 4.08. The minimum Gasteiger partial charge on any atom is -0.477 e. The van der Waals surface area contributed by atoms with Crippen molar-refractivity contribution >= 4 is 34.8 Å². The van der Waals surface area contributed by atoms with Gasteiger partial charge in [0.2, 0.25) is 5.91 Å². The maximum atomic E-state index is 12.4. The second kappa shape index (κ2) is 7.48. The quantitative estimate of drug-likeness (QED) is 0.777. The van der Waals surface area contributed by atoms with E-state index in [0.29, 0.717) is 30.8 Å². The van der Waals surface area contributed by atoms with Crippen LogP contribution in [0.15, 0.2) is 36.4 Å². The van der Waals surface area contributed by atoms with Crippen LogP contribution in [0.1, 0.15) is 37.7 Å². The third kappa shape index (κ3) is 3.88. The Morgan fingerprint density at radius 1 is 1.12 bits per heavy atom. The van der Waals surface area contributed by atoms with E-state index in [0.717, 1.165) is 23.4 Å². The van der Waals surface area contributed by atoms with Crippen LogP contribution in [0.4, 0.5) is 5.69 Å². The molecule has 0 atom stereocenters. The van der Waals surface area contributed by atoms with Crippen molar-refractivity contribution in [2.45, 2.75) is 19.3 Å². The number of carbonyl (C=O) groups is 3. The van der Waals surface area contributed by atoms with Crippen molar-refractivity contribution < 1.29 is 19.5 Å². The lowest BCUT2D eigenvalue weighted by molar-refractivity contribution is -0.118. The van der Waals surface area contributed by atoms with Crippen molar-refractivity contribution in [1.82, 2.24) is 5.32 Å². The molecule has 2 amide bonds. The molecule has 1 aromatic heterocycles. The molecule has 7 heteroatoms. The Balaban J connectivity index is 1.45. The van der Waals surface area contributed by atoms with E-state index in [-0.39, 0.29) is 16.7 Å². The summed E-state index contributed by atoms with van der Waals surface area (Å²) in [7, 11) is 0. The molecular formula is C18H18N2O4S. The normalized spacial score (nSPS) is 12.7. The van der Waals surface area contributed by atoms with Gasteiger partial charge in [-0.15, -0.1) is 11.3 Å². The van der Waals surface area contributed by atoms with Crippen LogP contribution in [0, 0.1) is 0 Å². The molecule has 1 aromatic carbocycles. The first-order valence-electron chi connectivity index (χ1n) is 8.06. The van der Waals surface area contributed by atoms with Gasteiger partial charge < -0.3 is 15.3 Å². The van der Waals surface area contributed by atoms with Gasteiger partial charge in [0.05, 0.1) is 4.88 Å². The van der Waals surface area contributed by atoms with Crippen LogP contribution in [0.2, 0.25) is 0 Å². The molecule has 130 valence electrons. The molecule has 2 heterocycles. The van der Waals surface area contributed by atoms with Crippen molar-refractivity contribution in [2.24, 2.45) is 0 Å². The van der Waals surface area contributed by atoms with Crippen LogP contribution < -0.4 is 10.2 Å². The number of fused-ring (bicyclic) bond motifs is 1. The van der Waals surface area contributed by atoms with Gasteiger partial charge in [0.15, 0.2) is 0 Å². The van der Waals surface area contributed by atoms with Crippen LogP contribution in [0.5, 0.6) is 0 Å². The second-order valence-corrected chi connectivity index (χ2v) is 6.84. The number of amides is 2. The summed E-state index contributed by atoms with van der Waals surface area (Å²) in [5, 5.41) is 11.6. The maximum Gasteiger partial charge on any atom is 0.345 e. The summed E-state index contributed by atoms with van der Waals surface area (Å²) in [6.07, 6.45) is 1.78. The van der Waals surface area contributed by atoms with Gasteiger partial charge in [0.1, 0.15) is 4.88 Å². The summed E-state index contributed by atoms with van der Waals surface area (Å²) in [5.74, 6) is -1.29. The molecule has 25 heavy (non-hydrogen) atoms. The highest BCUT2D eigenvalue weighted by Crippen LogP contribution is 2.28. The van der Waals surface area contributed by atoms with E-state index >= 15 is 0 Å². The standard InChI is InChI=1S/C18H18N2O4S/c21-16(20-11-9-12-4-1-2-5-13(12)20)6-3-10-19-17(22)14-7-8-15(25-14)18(23)24/h1-2,4-5,7-8H,3,6,9-11H2,(H,19,22)(H,23,24). The average Bonchev–Trinajstić information content (AvgIpc) is 3.25. The maximum absolute atomic E-state index is 12.4. The number of para-hydroxylation sites is 1. The van der Waals surface area contributed by atoms with Crippen molar-refractivity contribution in [1.29, 1.82) is 0 Å². The molecule has 1 aliphatic heterocycles. The monoisotopic (exact) mass is 358 g/mol. The van der Waals surface area contributed by atoms with Gasteiger partial charge in [-0.05, 0) is 36.6 Å². The molecule has 0 radical (unpaired) electrons. The molecule has 0 saturated carbocycles. The predicted molar refractivity (Wildman–Crippen MR) is 95.3 cm³/mol. The van der Waals surface area contributed by atoms with E-state index in [2.05, 4.69) is 5.32 Å². The number of nitrogens with zero attached hydrogens (tertiary/aromatic N) is 1. The lowest BCUT2D eigenvalue weighted by Gasteiger charge is -2.17. The van der Waals surface area contributed by atoms with Crippen LogP contribution in [0.3, 0.4) is 0 Å². The predicted octanol–water partition coefficient (Wildman–Crippen LogP) is 2.55. The molecule has 0 spiro atoms. The van der Waals surface area contributed by atoms with E-state index in [1.807, 2.05) is 24.3 Å². The summed E-state index contributed by atoms with van der Waals surface area (Å²) in [5.41, 5.74) is 2.17. The highest BCUT2D eigenvalue weighted by Gasteiger charge is 2.23. The molecule has 1 aliphatic rings. The summed E-state index contributed by atoms with van der Waals surface area (Å²) in [6, 6.07) is 10.8. The zero-order valence-corrected chi connectivity index (χ0v) is 14.3. The Kier molecular flexibility index (Phi) is 5.14. The molecule has 0 bridgehead atoms. The van der Waals surface area contributed by atoms with Gasteiger partial charge in [-0.25, -0.2) is 4.79 Å². The number of carbonyl (C=O) groups excluding carboxylic acids is 2. The number of thiophene rings is 1. The van der Waals surface area contributed by atoms with Crippen LogP contribution in [0.25, 0.3) is 0 Å². The lowest BCUT2D eigenvalue weighted by Crippen LogP contribution is -2.30. The van der Waals surface area contributed by atoms with E-state index < -0.39 is 5.97 Å². The Bertz CT molecular complexity index is 815. The van der Waals surface area contributed by atoms with Crippen molar-refractivity contribution in [3.63, 3.8) is 0 Å². The van der Waals surface area contributed by atoms with Gasteiger partial charge in [-0.3, -0.25) is 9.59 Å². The number of carboxylic acid groups (broad SMARTS) is 1. The molecule has 6 nitrogen and oxygen atoms in total. The summed E-state index contributed by atoms with van der Waals surface area (Å²) in [6.45, 7) is 1.08. The molecule has 0 unspecified atom stereocenters. The number of aromatic carboxylic acids is 1. The summed E-state index contributed by atoms with van der Waals surface area (Å²) in [4.78, 5) is 37.4. The van der Waals surface area contributed by atoms with Gasteiger partial charge in [-0.2, -0.15) is 0 Å². The zero-order chi connectivity index (χ0) is 17.8. The summed E-state index contributed by atoms with van der Waals surface area (Å²) >= 11 is 0.939. The van der Waals surface area contributed by atoms with E-state index in [9.17, 15) is 14.4 Å². The topological polar surface area (TPSA) is 86.7 Å². The minimum absolute atomic E-state index is 0.0588. The highest BCUT2D eigenvalue weighted by atomic mass is 32.1. The Morgan fingerprint density at radius 3 is 2.64 bits per heavy atom. The number of hydrogen-bond acceptors (Lipinski definition) is 4. The molecule has 0 fully saturated rings. The van der Waals surface area contributed by atoms with Crippen LogP contribution in [-0.4, -0.2) is 36.0 Å². The van der Waals surface area contributed by atoms with E-state index in [4.69, 9.17) is 5.11 Å². The van der Waals surface area contributed by atoms with Crippen LogP contribution >= 0.6 is 11.3 Å². The molecule has 0 saturated heterocycles. The van der Waals surface area contributed by atoms with Crippen molar-refractivity contribution in [3.8, 4) is 0 Å². The number of rotatable bonds is 6. The largest absolute Gasteiger partial charge is 0.477 e. The van der Waals surface area contributed by atoms with Gasteiger partial charge in [-0.1, -0.05) is 18.2 Å². The van der Waals surface area contributed by atoms with E-state index in [1.165, 1.54) is 17.7 Å². The fourth-order valence-corrected chi connectivity index (χ4v) is 3.60. The fourth-order valence-electron chi connectivity index (χ4n) is 2.84. The summed E-state index contributed by atoms with van der Waals surface area (Å²) < 4.78 is 0. The minimum atomic E-state index is -1.04. The smallest absolute Gasteiger partial charge is 0.345 e. The SMILES string of the molecule is O=C(O)c1ccc(C(=O)NCCCC(=O)N2CCc3ccccc32)s1. The molecule has 2 N–H and O–H groups in total. The van der Waals surface area contributed by atoms with Gasteiger partial charge in [0, 0.05) is 25.2 Å². The Labute approximate surface area is 149 Å². The van der Waals surface area contributed by atoms with Gasteiger partial charge in [0.25, 0.3) is 5.91 Å². The number of benzene rings is 1. The first-order chi connectivity index (χ1) is 12.1. The number of anilines is 1. The van der Waals surface area contributed by atoms with E-state index in [1.54, 1.807) is 4.90 Å². The van der Waals surface area contributed by atoms with Crippen molar-refractivity contribution in [3.05, 3.63) is 51.7 Å². The highest BCUT2D eigenvalue weighted by molar-refractivity contribution is 7.15. The zero-order valence-electron chi connectivity index (χ0n) is 13.5. The number of nitrogens with one attached hydrogen (secondary N) is 1. The Morgan fingerprint density at radius 2 is 1.88 bits per heavy atom. The first kappa shape index (κ1) is 17.2.